The number of aryl methyl sites for hydroxylation is 2. The zero-order chi connectivity index (χ0) is 21.5. The third-order valence-corrected chi connectivity index (χ3v) is 5.67. The van der Waals surface area contributed by atoms with Crippen molar-refractivity contribution in [1.29, 1.82) is 0 Å². The number of fused-ring (bicyclic) bond motifs is 2. The molecule has 0 unspecified atom stereocenters. The molecule has 7 nitrogen and oxygen atoms in total. The number of hydrogen-bond donors (Lipinski definition) is 1. The number of hydrogen-bond acceptors (Lipinski definition) is 4. The van der Waals surface area contributed by atoms with Crippen LogP contribution in [0, 0.1) is 5.82 Å². The minimum absolute atomic E-state index is 0.0679. The van der Waals surface area contributed by atoms with Crippen LogP contribution >= 0.6 is 0 Å². The third kappa shape index (κ3) is 3.39. The minimum Gasteiger partial charge on any atom is -0.338 e. The molecule has 2 aromatic heterocycles. The predicted octanol–water partition coefficient (Wildman–Crippen LogP) is 2.73. The Morgan fingerprint density at radius 3 is 2.74 bits per heavy atom. The number of nitrogens with one attached hydrogen (secondary N) is 1. The Labute approximate surface area is 177 Å². The van der Waals surface area contributed by atoms with Crippen molar-refractivity contribution < 1.29 is 9.18 Å². The van der Waals surface area contributed by atoms with Crippen LogP contribution in [0.4, 0.5) is 4.39 Å². The highest BCUT2D eigenvalue weighted by molar-refractivity contribution is 5.98. The van der Waals surface area contributed by atoms with Crippen LogP contribution in [0.1, 0.15) is 40.0 Å². The van der Waals surface area contributed by atoms with Crippen molar-refractivity contribution in [2.45, 2.75) is 25.4 Å². The Kier molecular flexibility index (Phi) is 4.62. The molecule has 2 aromatic carbocycles. The van der Waals surface area contributed by atoms with E-state index in [0.29, 0.717) is 34.4 Å². The molecule has 1 aliphatic rings. The highest BCUT2D eigenvalue weighted by atomic mass is 19.1. The fourth-order valence-corrected chi connectivity index (χ4v) is 4.05. The average molecular weight is 417 g/mol. The van der Waals surface area contributed by atoms with Crippen LogP contribution in [0.5, 0.6) is 0 Å². The normalized spacial score (nSPS) is 13.9. The van der Waals surface area contributed by atoms with Gasteiger partial charge in [-0.25, -0.2) is 14.4 Å². The van der Waals surface area contributed by atoms with Crippen molar-refractivity contribution in [2.24, 2.45) is 7.05 Å². The molecule has 0 bridgehead atoms. The van der Waals surface area contributed by atoms with Gasteiger partial charge in [-0.15, -0.1) is 0 Å². The summed E-state index contributed by atoms with van der Waals surface area (Å²) in [6.45, 7) is 0.683. The van der Waals surface area contributed by atoms with E-state index in [0.717, 1.165) is 18.7 Å². The number of imidazole rings is 1. The second kappa shape index (κ2) is 7.46. The molecule has 156 valence electrons. The second-order valence-corrected chi connectivity index (χ2v) is 7.67. The first-order valence-electron chi connectivity index (χ1n) is 10.1. The largest absolute Gasteiger partial charge is 0.338 e. The molecule has 0 aliphatic carbocycles. The zero-order valence-corrected chi connectivity index (χ0v) is 16.9. The molecule has 1 amide bonds. The second-order valence-electron chi connectivity index (χ2n) is 7.67. The van der Waals surface area contributed by atoms with Gasteiger partial charge in [-0.3, -0.25) is 14.2 Å². The van der Waals surface area contributed by atoms with Gasteiger partial charge in [0.2, 0.25) is 0 Å². The molecule has 0 saturated carbocycles. The van der Waals surface area contributed by atoms with E-state index in [-0.39, 0.29) is 17.3 Å². The number of amides is 1. The lowest BCUT2D eigenvalue weighted by molar-refractivity contribution is 0.0941. The summed E-state index contributed by atoms with van der Waals surface area (Å²) in [6.07, 6.45) is 5.08. The van der Waals surface area contributed by atoms with Crippen molar-refractivity contribution >= 4 is 16.8 Å². The van der Waals surface area contributed by atoms with Gasteiger partial charge in [0.15, 0.2) is 0 Å². The lowest BCUT2D eigenvalue weighted by Gasteiger charge is -2.19. The maximum absolute atomic E-state index is 13.4. The highest BCUT2D eigenvalue weighted by Gasteiger charge is 2.22. The highest BCUT2D eigenvalue weighted by Crippen LogP contribution is 2.22. The summed E-state index contributed by atoms with van der Waals surface area (Å²) in [6, 6.07) is 10.3. The topological polar surface area (TPSA) is 81.8 Å². The molecular weight excluding hydrogens is 397 g/mol. The average Bonchev–Trinajstić information content (AvgIpc) is 3.41. The van der Waals surface area contributed by atoms with Gasteiger partial charge >= 0.3 is 0 Å². The van der Waals surface area contributed by atoms with E-state index in [1.165, 1.54) is 12.1 Å². The van der Waals surface area contributed by atoms with Crippen LogP contribution in [0.2, 0.25) is 0 Å². The van der Waals surface area contributed by atoms with Gasteiger partial charge in [0.05, 0.1) is 10.9 Å². The van der Waals surface area contributed by atoms with Gasteiger partial charge in [0, 0.05) is 38.0 Å². The molecule has 8 heteroatoms. The van der Waals surface area contributed by atoms with Crippen molar-refractivity contribution in [1.82, 2.24) is 24.4 Å². The first-order chi connectivity index (χ1) is 15.0. The molecule has 1 atom stereocenters. The first kappa shape index (κ1) is 19.2. The standard InChI is InChI=1S/C23H20FN5O2/c1-28-12-10-25-21(28)20(14-4-7-16(24)8-5-14)27-22(30)15-6-9-17-18(13-15)26-19-3-2-11-29(19)23(17)31/h4-10,12-13,20H,2-3,11H2,1H3,(H,27,30)/t20-/m1/s1. The van der Waals surface area contributed by atoms with Gasteiger partial charge in [-0.1, -0.05) is 12.1 Å². The fourth-order valence-electron chi connectivity index (χ4n) is 4.05. The predicted molar refractivity (Wildman–Crippen MR) is 113 cm³/mol. The summed E-state index contributed by atoms with van der Waals surface area (Å²) in [5.74, 6) is 0.692. The van der Waals surface area contributed by atoms with Gasteiger partial charge in [-0.05, 0) is 42.3 Å². The molecule has 31 heavy (non-hydrogen) atoms. The monoisotopic (exact) mass is 417 g/mol. The Morgan fingerprint density at radius 2 is 2.00 bits per heavy atom. The molecular formula is C23H20FN5O2. The number of carbonyl (C=O) groups excluding carboxylic acids is 1. The number of nitrogens with zero attached hydrogens (tertiary/aromatic N) is 4. The van der Waals surface area contributed by atoms with E-state index in [1.54, 1.807) is 51.9 Å². The molecule has 3 heterocycles. The van der Waals surface area contributed by atoms with E-state index in [4.69, 9.17) is 0 Å². The Balaban J connectivity index is 1.51. The van der Waals surface area contributed by atoms with Crippen LogP contribution in [-0.2, 0) is 20.0 Å². The van der Waals surface area contributed by atoms with Crippen LogP contribution in [0.25, 0.3) is 10.9 Å². The van der Waals surface area contributed by atoms with Gasteiger partial charge < -0.3 is 9.88 Å². The minimum atomic E-state index is -0.567. The molecule has 1 N–H and O–H groups in total. The number of aromatic nitrogens is 4. The van der Waals surface area contributed by atoms with E-state index in [1.807, 2.05) is 7.05 Å². The van der Waals surface area contributed by atoms with E-state index in [2.05, 4.69) is 15.3 Å². The lowest BCUT2D eigenvalue weighted by Crippen LogP contribution is -2.31. The number of carbonyl (C=O) groups is 1. The molecule has 5 rings (SSSR count). The molecule has 4 aromatic rings. The van der Waals surface area contributed by atoms with E-state index in [9.17, 15) is 14.0 Å². The van der Waals surface area contributed by atoms with Crippen molar-refractivity contribution in [3.05, 3.63) is 93.8 Å². The smallest absolute Gasteiger partial charge is 0.261 e. The summed E-state index contributed by atoms with van der Waals surface area (Å²) >= 11 is 0. The summed E-state index contributed by atoms with van der Waals surface area (Å²) < 4.78 is 16.9. The number of halogens is 1. The van der Waals surface area contributed by atoms with Gasteiger partial charge in [0.1, 0.15) is 23.5 Å². The van der Waals surface area contributed by atoms with Crippen molar-refractivity contribution in [3.8, 4) is 0 Å². The van der Waals surface area contributed by atoms with Crippen molar-refractivity contribution in [2.75, 3.05) is 0 Å². The van der Waals surface area contributed by atoms with E-state index < -0.39 is 6.04 Å². The molecule has 0 fully saturated rings. The Bertz CT molecular complexity index is 1360. The lowest BCUT2D eigenvalue weighted by atomic mass is 10.0. The summed E-state index contributed by atoms with van der Waals surface area (Å²) in [5, 5.41) is 3.49. The molecule has 0 spiro atoms. The van der Waals surface area contributed by atoms with Crippen LogP contribution in [-0.4, -0.2) is 25.0 Å². The van der Waals surface area contributed by atoms with Gasteiger partial charge in [-0.2, -0.15) is 0 Å². The first-order valence-corrected chi connectivity index (χ1v) is 10.1. The summed E-state index contributed by atoms with van der Waals surface area (Å²) in [4.78, 5) is 34.8. The van der Waals surface area contributed by atoms with E-state index >= 15 is 0 Å². The van der Waals surface area contributed by atoms with Crippen LogP contribution in [0.15, 0.2) is 59.7 Å². The van der Waals surface area contributed by atoms with Crippen molar-refractivity contribution in [3.63, 3.8) is 0 Å². The third-order valence-electron chi connectivity index (χ3n) is 5.67. The zero-order valence-electron chi connectivity index (χ0n) is 16.9. The SMILES string of the molecule is Cn1ccnc1[C@H](NC(=O)c1ccc2c(=O)n3c(nc2c1)CCC3)c1ccc(F)cc1. The molecule has 0 saturated heterocycles. The summed E-state index contributed by atoms with van der Waals surface area (Å²) in [5.41, 5.74) is 1.55. The molecule has 1 aliphatic heterocycles. The van der Waals surface area contributed by atoms with Crippen LogP contribution < -0.4 is 10.9 Å². The van der Waals surface area contributed by atoms with Crippen LogP contribution in [0.3, 0.4) is 0 Å². The maximum atomic E-state index is 13.4. The van der Waals surface area contributed by atoms with Gasteiger partial charge in [0.25, 0.3) is 11.5 Å². The Morgan fingerprint density at radius 1 is 1.19 bits per heavy atom. The Hall–Kier alpha value is -3.81. The summed E-state index contributed by atoms with van der Waals surface area (Å²) in [7, 11) is 1.83. The number of benzene rings is 2. The maximum Gasteiger partial charge on any atom is 0.261 e. The molecule has 0 radical (unpaired) electrons. The quantitative estimate of drug-likeness (QED) is 0.554. The fraction of sp³-hybridized carbons (Fsp3) is 0.217. The number of rotatable bonds is 4.